The van der Waals surface area contributed by atoms with Crippen molar-refractivity contribution in [3.8, 4) is 22.7 Å². The van der Waals surface area contributed by atoms with Gasteiger partial charge < -0.3 is 4.74 Å². The average Bonchev–Trinajstić information content (AvgIpc) is 3.17. The zero-order chi connectivity index (χ0) is 20.5. The van der Waals surface area contributed by atoms with Gasteiger partial charge in [-0.3, -0.25) is 0 Å². The van der Waals surface area contributed by atoms with Gasteiger partial charge in [0.05, 0.1) is 35.8 Å². The molecule has 5 rings (SSSR count). The van der Waals surface area contributed by atoms with Crippen LogP contribution in [0.3, 0.4) is 0 Å². The van der Waals surface area contributed by atoms with E-state index in [2.05, 4.69) is 22.6 Å². The number of hydrogen-bond donors (Lipinski definition) is 1. The van der Waals surface area contributed by atoms with E-state index in [9.17, 15) is 0 Å². The molecule has 2 heterocycles. The number of methoxy groups -OCH3 is 1. The normalized spacial score (nSPS) is 16.2. The first kappa shape index (κ1) is 19.6. The minimum Gasteiger partial charge on any atom is -0.497 e. The first-order valence-electron chi connectivity index (χ1n) is 10.8. The fraction of sp³-hybridized carbons (Fsp3) is 0.375. The van der Waals surface area contributed by atoms with Crippen LogP contribution in [0.25, 0.3) is 16.9 Å². The van der Waals surface area contributed by atoms with E-state index >= 15 is 0 Å². The molecule has 0 atom stereocenters. The lowest BCUT2D eigenvalue weighted by molar-refractivity contribution is 0.150. The van der Waals surface area contributed by atoms with Crippen molar-refractivity contribution in [2.45, 2.75) is 38.6 Å². The minimum atomic E-state index is 0.707. The minimum absolute atomic E-state index is 0.707. The first-order valence-corrected chi connectivity index (χ1v) is 11.1. The summed E-state index contributed by atoms with van der Waals surface area (Å²) in [6.45, 7) is 2.96. The van der Waals surface area contributed by atoms with Gasteiger partial charge in [0.1, 0.15) is 5.75 Å². The summed E-state index contributed by atoms with van der Waals surface area (Å²) in [6.07, 6.45) is 5.80. The summed E-state index contributed by atoms with van der Waals surface area (Å²) in [6, 6.07) is 14.3. The second-order valence-electron chi connectivity index (χ2n) is 8.04. The van der Waals surface area contributed by atoms with Crippen LogP contribution in [0.5, 0.6) is 5.75 Å². The Morgan fingerprint density at radius 3 is 2.70 bits per heavy atom. The number of benzene rings is 2. The molecule has 1 aliphatic heterocycles. The molecule has 1 saturated heterocycles. The molecule has 0 spiro atoms. The fourth-order valence-electron chi connectivity index (χ4n) is 4.61. The number of piperidine rings is 1. The Kier molecular flexibility index (Phi) is 5.50. The third kappa shape index (κ3) is 3.62. The van der Waals surface area contributed by atoms with Crippen molar-refractivity contribution >= 4 is 11.6 Å². The molecule has 30 heavy (non-hydrogen) atoms. The molecule has 0 saturated carbocycles. The molecule has 2 aromatic carbocycles. The Morgan fingerprint density at radius 2 is 1.90 bits per heavy atom. The number of nitrogens with one attached hydrogen (secondary N) is 1. The molecule has 1 aliphatic carbocycles. The summed E-state index contributed by atoms with van der Waals surface area (Å²) in [5.41, 5.74) is 10.6. The number of hydrogen-bond acceptors (Lipinski definition) is 4. The number of nitrogens with zero attached hydrogens (tertiary/aromatic N) is 3. The van der Waals surface area contributed by atoms with Gasteiger partial charge in [0.25, 0.3) is 0 Å². The Balaban J connectivity index is 1.58. The smallest absolute Gasteiger partial charge is 0.119 e. The molecule has 5 nitrogen and oxygen atoms in total. The lowest BCUT2D eigenvalue weighted by Crippen LogP contribution is -2.41. The van der Waals surface area contributed by atoms with Gasteiger partial charge in [0.15, 0.2) is 0 Å². The van der Waals surface area contributed by atoms with E-state index in [0.717, 1.165) is 55.3 Å². The van der Waals surface area contributed by atoms with Gasteiger partial charge >= 0.3 is 0 Å². The topological polar surface area (TPSA) is 42.3 Å². The number of aromatic nitrogens is 2. The maximum Gasteiger partial charge on any atom is 0.119 e. The van der Waals surface area contributed by atoms with Crippen LogP contribution in [0, 0.1) is 0 Å². The van der Waals surface area contributed by atoms with Crippen molar-refractivity contribution in [2.75, 3.05) is 20.2 Å². The summed E-state index contributed by atoms with van der Waals surface area (Å²) in [5.74, 6) is 0.896. The first-order chi connectivity index (χ1) is 14.7. The second kappa shape index (κ2) is 8.42. The number of hydrazine groups is 1. The summed E-state index contributed by atoms with van der Waals surface area (Å²) >= 11 is 6.58. The third-order valence-electron chi connectivity index (χ3n) is 6.19. The maximum atomic E-state index is 6.58. The molecule has 156 valence electrons. The van der Waals surface area contributed by atoms with Crippen molar-refractivity contribution in [1.29, 1.82) is 0 Å². The fourth-order valence-corrected chi connectivity index (χ4v) is 4.82. The van der Waals surface area contributed by atoms with Gasteiger partial charge in [0, 0.05) is 24.2 Å². The van der Waals surface area contributed by atoms with Gasteiger partial charge in [-0.2, -0.15) is 5.10 Å². The highest BCUT2D eigenvalue weighted by molar-refractivity contribution is 6.32. The van der Waals surface area contributed by atoms with E-state index < -0.39 is 0 Å². The van der Waals surface area contributed by atoms with Crippen molar-refractivity contribution < 1.29 is 4.74 Å². The standard InChI is InChI=1S/C24H27ClN4O/c1-30-18-10-12-19-17(15-18)9-11-20-22(16-26-28-13-5-2-6-14-28)27-29(24(19)20)23-8-4-3-7-21(23)25/h3-4,7-8,10,12,15,26H,2,5-6,9,11,13-14,16H2,1H3. The highest BCUT2D eigenvalue weighted by Crippen LogP contribution is 2.39. The summed E-state index contributed by atoms with van der Waals surface area (Å²) in [5, 5.41) is 8.11. The largest absolute Gasteiger partial charge is 0.497 e. The zero-order valence-corrected chi connectivity index (χ0v) is 18.1. The van der Waals surface area contributed by atoms with Gasteiger partial charge in [-0.05, 0) is 61.6 Å². The van der Waals surface area contributed by atoms with Crippen LogP contribution in [0.4, 0.5) is 0 Å². The SMILES string of the molecule is COc1ccc2c(c1)CCc1c(CNN3CCCCC3)nn(-c3ccccc3Cl)c1-2. The van der Waals surface area contributed by atoms with Crippen molar-refractivity contribution in [1.82, 2.24) is 20.2 Å². The molecule has 0 radical (unpaired) electrons. The molecule has 1 aromatic heterocycles. The number of ether oxygens (including phenoxy) is 1. The number of aryl methyl sites for hydroxylation is 1. The third-order valence-corrected chi connectivity index (χ3v) is 6.50. The van der Waals surface area contributed by atoms with Gasteiger partial charge in [0.2, 0.25) is 0 Å². The number of rotatable bonds is 5. The van der Waals surface area contributed by atoms with Crippen molar-refractivity contribution in [2.24, 2.45) is 0 Å². The van der Waals surface area contributed by atoms with E-state index in [-0.39, 0.29) is 0 Å². The Bertz CT molecular complexity index is 1060. The molecule has 0 bridgehead atoms. The summed E-state index contributed by atoms with van der Waals surface area (Å²) in [4.78, 5) is 0. The second-order valence-corrected chi connectivity index (χ2v) is 8.45. The molecule has 0 unspecified atom stereocenters. The number of halogens is 1. The predicted octanol–water partition coefficient (Wildman–Crippen LogP) is 4.79. The predicted molar refractivity (Wildman–Crippen MR) is 120 cm³/mol. The molecule has 6 heteroatoms. The van der Waals surface area contributed by atoms with E-state index in [4.69, 9.17) is 21.4 Å². The van der Waals surface area contributed by atoms with Crippen LogP contribution in [-0.2, 0) is 19.4 Å². The molecule has 1 N–H and O–H groups in total. The lowest BCUT2D eigenvalue weighted by Gasteiger charge is -2.27. The Hall–Kier alpha value is -2.34. The highest BCUT2D eigenvalue weighted by atomic mass is 35.5. The number of fused-ring (bicyclic) bond motifs is 3. The summed E-state index contributed by atoms with van der Waals surface area (Å²) < 4.78 is 7.49. The quantitative estimate of drug-likeness (QED) is 0.641. The zero-order valence-electron chi connectivity index (χ0n) is 17.3. The van der Waals surface area contributed by atoms with E-state index in [0.29, 0.717) is 5.02 Å². The van der Waals surface area contributed by atoms with E-state index in [1.807, 2.05) is 35.0 Å². The maximum absolute atomic E-state index is 6.58. The molecule has 0 amide bonds. The van der Waals surface area contributed by atoms with E-state index in [1.54, 1.807) is 7.11 Å². The summed E-state index contributed by atoms with van der Waals surface area (Å²) in [7, 11) is 1.72. The van der Waals surface area contributed by atoms with Gasteiger partial charge in [-0.1, -0.05) is 30.2 Å². The van der Waals surface area contributed by atoms with Crippen LogP contribution in [0.15, 0.2) is 42.5 Å². The Labute approximate surface area is 182 Å². The average molecular weight is 423 g/mol. The van der Waals surface area contributed by atoms with Crippen LogP contribution in [0.1, 0.15) is 36.1 Å². The Morgan fingerprint density at radius 1 is 1.07 bits per heavy atom. The highest BCUT2D eigenvalue weighted by Gasteiger charge is 2.27. The molecular formula is C24H27ClN4O. The lowest BCUT2D eigenvalue weighted by atomic mass is 9.88. The van der Waals surface area contributed by atoms with Crippen LogP contribution < -0.4 is 10.2 Å². The molecule has 2 aliphatic rings. The van der Waals surface area contributed by atoms with Crippen LogP contribution in [-0.4, -0.2) is 35.0 Å². The monoisotopic (exact) mass is 422 g/mol. The van der Waals surface area contributed by atoms with Gasteiger partial charge in [-0.25, -0.2) is 15.1 Å². The van der Waals surface area contributed by atoms with Crippen molar-refractivity contribution in [3.05, 3.63) is 64.3 Å². The molecule has 1 fully saturated rings. The van der Waals surface area contributed by atoms with Crippen molar-refractivity contribution in [3.63, 3.8) is 0 Å². The molecule has 3 aromatic rings. The van der Waals surface area contributed by atoms with Crippen LogP contribution in [0.2, 0.25) is 5.02 Å². The molecular weight excluding hydrogens is 396 g/mol. The van der Waals surface area contributed by atoms with E-state index in [1.165, 1.54) is 36.0 Å². The number of para-hydroxylation sites is 1. The van der Waals surface area contributed by atoms with Gasteiger partial charge in [-0.15, -0.1) is 0 Å². The van der Waals surface area contributed by atoms with Crippen LogP contribution >= 0.6 is 11.6 Å².